The number of pyridine rings is 1. The highest BCUT2D eigenvalue weighted by atomic mass is 16.3. The van der Waals surface area contributed by atoms with Crippen LogP contribution in [0.15, 0.2) is 48.8 Å². The number of aliphatic hydroxyl groups is 1. The van der Waals surface area contributed by atoms with E-state index in [1.54, 1.807) is 18.5 Å². The van der Waals surface area contributed by atoms with Gasteiger partial charge >= 0.3 is 0 Å². The summed E-state index contributed by atoms with van der Waals surface area (Å²) in [5.41, 5.74) is 7.01. The van der Waals surface area contributed by atoms with E-state index in [4.69, 9.17) is 5.73 Å². The summed E-state index contributed by atoms with van der Waals surface area (Å²) in [6.07, 6.45) is 7.72. The lowest BCUT2D eigenvalue weighted by molar-refractivity contribution is -0.110. The van der Waals surface area contributed by atoms with Crippen LogP contribution in [0.3, 0.4) is 0 Å². The summed E-state index contributed by atoms with van der Waals surface area (Å²) in [6, 6.07) is 11.6. The van der Waals surface area contributed by atoms with Crippen molar-refractivity contribution in [3.8, 4) is 0 Å². The first-order valence-electron chi connectivity index (χ1n) is 9.39. The van der Waals surface area contributed by atoms with Gasteiger partial charge in [-0.3, -0.25) is 9.78 Å². The van der Waals surface area contributed by atoms with Gasteiger partial charge in [-0.05, 0) is 30.9 Å². The molecule has 1 aliphatic heterocycles. The maximum atomic E-state index is 13.1. The number of fused-ring (bicyclic) bond motifs is 1. The normalized spacial score (nSPS) is 28.4. The quantitative estimate of drug-likeness (QED) is 0.872. The van der Waals surface area contributed by atoms with E-state index in [0.717, 1.165) is 31.2 Å². The largest absolute Gasteiger partial charge is 0.398 e. The van der Waals surface area contributed by atoms with Crippen LogP contribution in [0.25, 0.3) is 0 Å². The number of anilines is 1. The molecule has 2 aromatic rings. The molecule has 0 radical (unpaired) electrons. The molecule has 0 bridgehead atoms. The predicted molar refractivity (Wildman–Crippen MR) is 100 cm³/mol. The van der Waals surface area contributed by atoms with Crippen LogP contribution >= 0.6 is 0 Å². The molecule has 136 valence electrons. The number of nitrogen functional groups attached to an aromatic ring is 1. The zero-order valence-electron chi connectivity index (χ0n) is 14.8. The zero-order valence-corrected chi connectivity index (χ0v) is 14.8. The first-order chi connectivity index (χ1) is 12.6. The minimum atomic E-state index is -0.871. The molecule has 5 heteroatoms. The number of hydrogen-bond acceptors (Lipinski definition) is 4. The number of piperidine rings is 1. The van der Waals surface area contributed by atoms with Crippen LogP contribution in [0.4, 0.5) is 5.69 Å². The van der Waals surface area contributed by atoms with Crippen LogP contribution in [-0.2, 0) is 5.60 Å². The zero-order chi connectivity index (χ0) is 18.1. The van der Waals surface area contributed by atoms with Gasteiger partial charge in [-0.2, -0.15) is 0 Å². The summed E-state index contributed by atoms with van der Waals surface area (Å²) in [5, 5.41) is 11.6. The molecule has 1 amide bonds. The van der Waals surface area contributed by atoms with Crippen LogP contribution in [0.1, 0.15) is 48.0 Å². The molecule has 4 rings (SSSR count). The third-order valence-electron chi connectivity index (χ3n) is 6.10. The van der Waals surface area contributed by atoms with Gasteiger partial charge in [0.15, 0.2) is 0 Å². The van der Waals surface area contributed by atoms with Gasteiger partial charge in [-0.25, -0.2) is 0 Å². The summed E-state index contributed by atoms with van der Waals surface area (Å²) in [6.45, 7) is 0.528. The van der Waals surface area contributed by atoms with Gasteiger partial charge < -0.3 is 15.7 Å². The van der Waals surface area contributed by atoms with Crippen molar-refractivity contribution in [2.45, 2.75) is 43.7 Å². The lowest BCUT2D eigenvalue weighted by Crippen LogP contribution is -2.59. The fraction of sp³-hybridized carbons (Fsp3) is 0.429. The Morgan fingerprint density at radius 3 is 2.73 bits per heavy atom. The van der Waals surface area contributed by atoms with Gasteiger partial charge in [-0.1, -0.05) is 43.2 Å². The van der Waals surface area contributed by atoms with Crippen molar-refractivity contribution in [3.05, 3.63) is 59.9 Å². The number of carbonyl (C=O) groups excluding carboxylic acids is 1. The second-order valence-electron chi connectivity index (χ2n) is 7.46. The molecule has 1 saturated carbocycles. The van der Waals surface area contributed by atoms with E-state index in [1.807, 2.05) is 35.2 Å². The Morgan fingerprint density at radius 1 is 1.19 bits per heavy atom. The number of aromatic nitrogens is 1. The van der Waals surface area contributed by atoms with Crippen LogP contribution in [0.5, 0.6) is 0 Å². The van der Waals surface area contributed by atoms with Crippen LogP contribution in [-0.4, -0.2) is 33.5 Å². The maximum absolute atomic E-state index is 13.1. The molecule has 1 unspecified atom stereocenters. The van der Waals surface area contributed by atoms with Crippen molar-refractivity contribution in [3.63, 3.8) is 0 Å². The van der Waals surface area contributed by atoms with E-state index in [0.29, 0.717) is 24.2 Å². The number of benzene rings is 1. The minimum absolute atomic E-state index is 0.0369. The monoisotopic (exact) mass is 351 g/mol. The second kappa shape index (κ2) is 6.72. The molecule has 1 aromatic heterocycles. The highest BCUT2D eigenvalue weighted by molar-refractivity contribution is 5.99. The van der Waals surface area contributed by atoms with Gasteiger partial charge in [0.05, 0.1) is 11.2 Å². The summed E-state index contributed by atoms with van der Waals surface area (Å²) in [5.74, 6) is -0.0168. The third kappa shape index (κ3) is 2.76. The van der Waals surface area contributed by atoms with Crippen molar-refractivity contribution in [2.75, 3.05) is 12.3 Å². The Balaban J connectivity index is 1.67. The predicted octanol–water partition coefficient (Wildman–Crippen LogP) is 2.96. The number of amides is 1. The molecule has 1 saturated heterocycles. The Kier molecular flexibility index (Phi) is 4.41. The van der Waals surface area contributed by atoms with E-state index in [9.17, 15) is 9.90 Å². The van der Waals surface area contributed by atoms with Gasteiger partial charge in [0.25, 0.3) is 5.91 Å². The van der Waals surface area contributed by atoms with Crippen LogP contribution < -0.4 is 5.73 Å². The summed E-state index contributed by atoms with van der Waals surface area (Å²) < 4.78 is 0. The first-order valence-corrected chi connectivity index (χ1v) is 9.39. The first kappa shape index (κ1) is 17.0. The summed E-state index contributed by atoms with van der Waals surface area (Å²) in [4.78, 5) is 19.1. The standard InChI is InChI=1S/C21H25N3O2/c22-18-10-12-23-14-16(18)20(25)24-13-11-21(26,15-6-2-1-3-7-15)17-8-4-5-9-19(17)24/h1-3,6-7,10,12,14,17,19,26H,4-5,8-9,11,13H2,(H2,22,23)/t17-,19?,21-/m1/s1. The third-order valence-corrected chi connectivity index (χ3v) is 6.10. The second-order valence-corrected chi connectivity index (χ2v) is 7.46. The number of likely N-dealkylation sites (tertiary alicyclic amines) is 1. The van der Waals surface area contributed by atoms with Gasteiger partial charge in [0.2, 0.25) is 0 Å². The molecule has 2 fully saturated rings. The van der Waals surface area contributed by atoms with Crippen molar-refractivity contribution >= 4 is 11.6 Å². The number of nitrogens with two attached hydrogens (primary N) is 1. The number of rotatable bonds is 2. The maximum Gasteiger partial charge on any atom is 0.257 e. The van der Waals surface area contributed by atoms with E-state index in [2.05, 4.69) is 4.98 Å². The smallest absolute Gasteiger partial charge is 0.257 e. The molecular weight excluding hydrogens is 326 g/mol. The molecule has 3 N–H and O–H groups in total. The van der Waals surface area contributed by atoms with Crippen molar-refractivity contribution in [2.24, 2.45) is 5.92 Å². The van der Waals surface area contributed by atoms with Crippen molar-refractivity contribution < 1.29 is 9.90 Å². The highest BCUT2D eigenvalue weighted by Gasteiger charge is 2.50. The van der Waals surface area contributed by atoms with Crippen LogP contribution in [0, 0.1) is 5.92 Å². The SMILES string of the molecule is Nc1ccncc1C(=O)N1CC[C@@](O)(c2ccccc2)[C@@H]2CCCCC21. The van der Waals surface area contributed by atoms with Crippen molar-refractivity contribution in [1.29, 1.82) is 0 Å². The van der Waals surface area contributed by atoms with Gasteiger partial charge in [0, 0.05) is 36.6 Å². The Labute approximate surface area is 153 Å². The Bertz CT molecular complexity index is 795. The van der Waals surface area contributed by atoms with Gasteiger partial charge in [-0.15, -0.1) is 0 Å². The summed E-state index contributed by atoms with van der Waals surface area (Å²) >= 11 is 0. The van der Waals surface area contributed by atoms with E-state index >= 15 is 0 Å². The molecule has 2 heterocycles. The lowest BCUT2D eigenvalue weighted by Gasteiger charge is -2.52. The topological polar surface area (TPSA) is 79.5 Å². The molecule has 3 atom stereocenters. The molecule has 1 aliphatic carbocycles. The van der Waals surface area contributed by atoms with E-state index < -0.39 is 5.60 Å². The lowest BCUT2D eigenvalue weighted by atomic mass is 9.66. The van der Waals surface area contributed by atoms with E-state index in [1.165, 1.54) is 0 Å². The van der Waals surface area contributed by atoms with E-state index in [-0.39, 0.29) is 17.9 Å². The minimum Gasteiger partial charge on any atom is -0.398 e. The fourth-order valence-electron chi connectivity index (χ4n) is 4.76. The number of nitrogens with zero attached hydrogens (tertiary/aromatic N) is 2. The molecule has 2 aliphatic rings. The molecule has 1 aromatic carbocycles. The molecular formula is C21H25N3O2. The summed E-state index contributed by atoms with van der Waals surface area (Å²) in [7, 11) is 0. The van der Waals surface area contributed by atoms with Gasteiger partial charge in [0.1, 0.15) is 0 Å². The van der Waals surface area contributed by atoms with Crippen LogP contribution in [0.2, 0.25) is 0 Å². The number of carbonyl (C=O) groups is 1. The fourth-order valence-corrected chi connectivity index (χ4v) is 4.76. The average molecular weight is 351 g/mol. The Hall–Kier alpha value is -2.40. The van der Waals surface area contributed by atoms with Crippen molar-refractivity contribution in [1.82, 2.24) is 9.88 Å². The molecule has 5 nitrogen and oxygen atoms in total. The molecule has 26 heavy (non-hydrogen) atoms. The molecule has 0 spiro atoms. The average Bonchev–Trinajstić information content (AvgIpc) is 2.69. The Morgan fingerprint density at radius 2 is 1.96 bits per heavy atom. The highest BCUT2D eigenvalue weighted by Crippen LogP contribution is 2.47. The number of hydrogen-bond donors (Lipinski definition) is 2.